The summed E-state index contributed by atoms with van der Waals surface area (Å²) in [5.74, 6) is 0.742. The van der Waals surface area contributed by atoms with Crippen LogP contribution in [0.25, 0.3) is 0 Å². The van der Waals surface area contributed by atoms with Crippen LogP contribution >= 0.6 is 0 Å². The Morgan fingerprint density at radius 3 is 2.88 bits per heavy atom. The van der Waals surface area contributed by atoms with E-state index in [0.717, 1.165) is 19.3 Å². The summed E-state index contributed by atoms with van der Waals surface area (Å²) in [7, 11) is 1.93. The Hall–Kier alpha value is -1.04. The van der Waals surface area contributed by atoms with E-state index in [1.165, 1.54) is 12.8 Å². The number of hydrogen-bond donors (Lipinski definition) is 0. The van der Waals surface area contributed by atoms with Gasteiger partial charge in [0, 0.05) is 19.5 Å². The van der Waals surface area contributed by atoms with Crippen LogP contribution < -0.4 is 0 Å². The molecular weight excluding hydrogens is 200 g/mol. The lowest BCUT2D eigenvalue weighted by atomic mass is 9.68. The predicted molar refractivity (Wildman–Crippen MR) is 61.5 cm³/mol. The van der Waals surface area contributed by atoms with E-state index in [1.807, 2.05) is 11.9 Å². The molecule has 0 spiro atoms. The summed E-state index contributed by atoms with van der Waals surface area (Å²) in [5.41, 5.74) is -0.268. The summed E-state index contributed by atoms with van der Waals surface area (Å²) in [5, 5.41) is 8.71. The van der Waals surface area contributed by atoms with E-state index in [0.29, 0.717) is 18.4 Å². The smallest absolute Gasteiger partial charge is 0.228 e. The fourth-order valence-corrected chi connectivity index (χ4v) is 3.64. The van der Waals surface area contributed by atoms with Gasteiger partial charge in [0.15, 0.2) is 0 Å². The highest BCUT2D eigenvalue weighted by Crippen LogP contribution is 2.49. The van der Waals surface area contributed by atoms with Crippen molar-refractivity contribution >= 4 is 5.91 Å². The van der Waals surface area contributed by atoms with Crippen molar-refractivity contribution in [3.05, 3.63) is 0 Å². The van der Waals surface area contributed by atoms with Crippen LogP contribution in [0.15, 0.2) is 0 Å². The number of carbonyl (C=O) groups excluding carboxylic acids is 1. The van der Waals surface area contributed by atoms with Gasteiger partial charge in [0.05, 0.1) is 11.5 Å². The highest BCUT2D eigenvalue weighted by atomic mass is 16.2. The van der Waals surface area contributed by atoms with Crippen molar-refractivity contribution in [3.63, 3.8) is 0 Å². The quantitative estimate of drug-likeness (QED) is 0.717. The average Bonchev–Trinajstić information content (AvgIpc) is 2.51. The van der Waals surface area contributed by atoms with Crippen LogP contribution in [0.5, 0.6) is 0 Å². The summed E-state index contributed by atoms with van der Waals surface area (Å²) in [6.07, 6.45) is 6.02. The summed E-state index contributed by atoms with van der Waals surface area (Å²) in [6, 6.07) is 2.62. The summed E-state index contributed by atoms with van der Waals surface area (Å²) >= 11 is 0. The average molecular weight is 220 g/mol. The largest absolute Gasteiger partial charge is 0.342 e. The molecular formula is C13H20N2O. The van der Waals surface area contributed by atoms with E-state index in [2.05, 4.69) is 13.0 Å². The number of fused-ring (bicyclic) bond motifs is 1. The van der Waals surface area contributed by atoms with Gasteiger partial charge in [-0.15, -0.1) is 0 Å². The van der Waals surface area contributed by atoms with Crippen molar-refractivity contribution in [2.24, 2.45) is 11.3 Å². The molecule has 0 N–H and O–H groups in total. The zero-order valence-electron chi connectivity index (χ0n) is 10.2. The summed E-state index contributed by atoms with van der Waals surface area (Å²) < 4.78 is 0. The first-order chi connectivity index (χ1) is 7.61. The van der Waals surface area contributed by atoms with E-state index >= 15 is 0 Å². The Kier molecular flexibility index (Phi) is 2.92. The van der Waals surface area contributed by atoms with Crippen molar-refractivity contribution in [3.8, 4) is 6.07 Å². The van der Waals surface area contributed by atoms with Gasteiger partial charge in [0.2, 0.25) is 5.91 Å². The van der Waals surface area contributed by atoms with E-state index in [4.69, 9.17) is 5.26 Å². The number of nitriles is 1. The molecule has 1 saturated carbocycles. The number of likely N-dealkylation sites (tertiary alicyclic amines) is 1. The maximum Gasteiger partial charge on any atom is 0.228 e. The number of nitrogens with zero attached hydrogens (tertiary/aromatic N) is 2. The second kappa shape index (κ2) is 4.08. The first-order valence-corrected chi connectivity index (χ1v) is 6.25. The minimum atomic E-state index is -0.268. The molecule has 1 saturated heterocycles. The van der Waals surface area contributed by atoms with Crippen molar-refractivity contribution in [1.29, 1.82) is 5.26 Å². The van der Waals surface area contributed by atoms with Crippen LogP contribution in [0.4, 0.5) is 0 Å². The number of carbonyl (C=O) groups is 1. The molecule has 2 rings (SSSR count). The topological polar surface area (TPSA) is 44.1 Å². The lowest BCUT2D eigenvalue weighted by molar-refractivity contribution is -0.135. The van der Waals surface area contributed by atoms with Crippen LogP contribution in [0.1, 0.15) is 45.4 Å². The first-order valence-electron chi connectivity index (χ1n) is 6.25. The molecule has 0 radical (unpaired) electrons. The van der Waals surface area contributed by atoms with Gasteiger partial charge in [0.25, 0.3) is 0 Å². The van der Waals surface area contributed by atoms with Gasteiger partial charge in [-0.1, -0.05) is 19.8 Å². The summed E-state index contributed by atoms with van der Waals surface area (Å²) in [6.45, 7) is 2.07. The zero-order chi connectivity index (χ0) is 11.8. The van der Waals surface area contributed by atoms with E-state index < -0.39 is 0 Å². The SMILES string of the molecule is CN1C(=O)C(C)(CCC#N)C2CCCCC21. The van der Waals surface area contributed by atoms with Gasteiger partial charge in [-0.3, -0.25) is 4.79 Å². The van der Waals surface area contributed by atoms with Crippen LogP contribution in [-0.2, 0) is 4.79 Å². The number of rotatable bonds is 2. The molecule has 1 aliphatic heterocycles. The molecule has 3 unspecified atom stereocenters. The Labute approximate surface area is 97.4 Å². The molecule has 1 aliphatic carbocycles. The monoisotopic (exact) mass is 220 g/mol. The summed E-state index contributed by atoms with van der Waals surface area (Å²) in [4.78, 5) is 14.3. The van der Waals surface area contributed by atoms with Gasteiger partial charge < -0.3 is 4.90 Å². The fraction of sp³-hybridized carbons (Fsp3) is 0.846. The molecule has 0 aromatic heterocycles. The standard InChI is InChI=1S/C13H20N2O/c1-13(8-5-9-14)10-6-3-4-7-11(10)15(2)12(13)16/h10-11H,3-8H2,1-2H3. The van der Waals surface area contributed by atoms with Gasteiger partial charge in [-0.2, -0.15) is 5.26 Å². The molecule has 1 heterocycles. The normalized spacial score (nSPS) is 38.3. The minimum Gasteiger partial charge on any atom is -0.342 e. The second-order valence-electron chi connectivity index (χ2n) is 5.45. The minimum absolute atomic E-state index is 0.264. The maximum atomic E-state index is 12.3. The van der Waals surface area contributed by atoms with Gasteiger partial charge in [-0.25, -0.2) is 0 Å². The van der Waals surface area contributed by atoms with Gasteiger partial charge in [0.1, 0.15) is 0 Å². The van der Waals surface area contributed by atoms with Crippen LogP contribution in [0, 0.1) is 22.7 Å². The molecule has 3 nitrogen and oxygen atoms in total. The predicted octanol–water partition coefficient (Wildman–Crippen LogP) is 2.33. The molecule has 16 heavy (non-hydrogen) atoms. The highest BCUT2D eigenvalue weighted by Gasteiger charge is 2.54. The molecule has 0 aromatic rings. The third-order valence-electron chi connectivity index (χ3n) is 4.61. The van der Waals surface area contributed by atoms with Gasteiger partial charge >= 0.3 is 0 Å². The lowest BCUT2D eigenvalue weighted by Gasteiger charge is -2.34. The van der Waals surface area contributed by atoms with E-state index in [-0.39, 0.29) is 11.3 Å². The molecule has 2 aliphatic rings. The third kappa shape index (κ3) is 1.52. The van der Waals surface area contributed by atoms with Crippen LogP contribution in [0.3, 0.4) is 0 Å². The fourth-order valence-electron chi connectivity index (χ4n) is 3.64. The van der Waals surface area contributed by atoms with E-state index in [9.17, 15) is 4.79 Å². The zero-order valence-corrected chi connectivity index (χ0v) is 10.2. The Morgan fingerprint density at radius 1 is 1.50 bits per heavy atom. The molecule has 3 heteroatoms. The maximum absolute atomic E-state index is 12.3. The molecule has 1 amide bonds. The lowest BCUT2D eigenvalue weighted by Crippen LogP contribution is -2.33. The molecule has 88 valence electrons. The first kappa shape index (κ1) is 11.4. The second-order valence-corrected chi connectivity index (χ2v) is 5.45. The number of hydrogen-bond acceptors (Lipinski definition) is 2. The third-order valence-corrected chi connectivity index (χ3v) is 4.61. The molecule has 2 fully saturated rings. The highest BCUT2D eigenvalue weighted by molar-refractivity contribution is 5.85. The Morgan fingerprint density at radius 2 is 2.19 bits per heavy atom. The molecule has 0 aromatic carbocycles. The van der Waals surface area contributed by atoms with Crippen molar-refractivity contribution in [2.75, 3.05) is 7.05 Å². The molecule has 0 bridgehead atoms. The Bertz CT molecular complexity index is 333. The molecule has 3 atom stereocenters. The van der Waals surface area contributed by atoms with Gasteiger partial charge in [-0.05, 0) is 25.2 Å². The van der Waals surface area contributed by atoms with Crippen molar-refractivity contribution < 1.29 is 4.79 Å². The van der Waals surface area contributed by atoms with Crippen molar-refractivity contribution in [2.45, 2.75) is 51.5 Å². The van der Waals surface area contributed by atoms with E-state index in [1.54, 1.807) is 0 Å². The number of amides is 1. The van der Waals surface area contributed by atoms with Crippen LogP contribution in [-0.4, -0.2) is 23.9 Å². The van der Waals surface area contributed by atoms with Crippen LogP contribution in [0.2, 0.25) is 0 Å². The Balaban J connectivity index is 2.23. The van der Waals surface area contributed by atoms with Crippen molar-refractivity contribution in [1.82, 2.24) is 4.90 Å².